The van der Waals surface area contributed by atoms with E-state index in [2.05, 4.69) is 10.6 Å². The van der Waals surface area contributed by atoms with Crippen molar-refractivity contribution in [3.8, 4) is 0 Å². The van der Waals surface area contributed by atoms with Gasteiger partial charge in [0.1, 0.15) is 0 Å². The molecule has 0 atom stereocenters. The minimum absolute atomic E-state index is 0.110. The molecule has 2 rings (SSSR count). The molecule has 0 radical (unpaired) electrons. The number of carboxylic acids is 1. The monoisotopic (exact) mass is 248 g/mol. The molecular formula is C13H16N2O3. The Bertz CT molecular complexity index is 481. The molecule has 1 aromatic rings. The van der Waals surface area contributed by atoms with Crippen LogP contribution < -0.4 is 10.6 Å². The molecule has 3 N–H and O–H groups in total. The van der Waals surface area contributed by atoms with Gasteiger partial charge in [0.05, 0.1) is 11.3 Å². The average molecular weight is 248 g/mol. The van der Waals surface area contributed by atoms with Crippen LogP contribution in [0.25, 0.3) is 0 Å². The lowest BCUT2D eigenvalue weighted by atomic mass is 9.93. The zero-order valence-corrected chi connectivity index (χ0v) is 10.2. The molecule has 0 aliphatic heterocycles. The van der Waals surface area contributed by atoms with Crippen LogP contribution in [0.3, 0.4) is 0 Å². The number of nitrogens with one attached hydrogen (secondary N) is 2. The van der Waals surface area contributed by atoms with Crippen LogP contribution in [-0.2, 0) is 0 Å². The van der Waals surface area contributed by atoms with Crippen LogP contribution in [0, 0.1) is 6.92 Å². The zero-order valence-electron chi connectivity index (χ0n) is 10.2. The van der Waals surface area contributed by atoms with Crippen LogP contribution in [0.5, 0.6) is 0 Å². The van der Waals surface area contributed by atoms with Gasteiger partial charge >= 0.3 is 12.0 Å². The first-order chi connectivity index (χ1) is 8.56. The summed E-state index contributed by atoms with van der Waals surface area (Å²) in [6.45, 7) is 1.81. The summed E-state index contributed by atoms with van der Waals surface area (Å²) in [7, 11) is 0. The number of hydrogen-bond acceptors (Lipinski definition) is 2. The van der Waals surface area contributed by atoms with Crippen molar-refractivity contribution in [2.45, 2.75) is 32.2 Å². The van der Waals surface area contributed by atoms with Crippen molar-refractivity contribution in [3.05, 3.63) is 29.3 Å². The van der Waals surface area contributed by atoms with Gasteiger partial charge in [-0.25, -0.2) is 9.59 Å². The molecule has 5 heteroatoms. The van der Waals surface area contributed by atoms with Crippen molar-refractivity contribution in [1.29, 1.82) is 0 Å². The second kappa shape index (κ2) is 5.08. The molecule has 0 spiro atoms. The molecule has 1 aromatic carbocycles. The van der Waals surface area contributed by atoms with Gasteiger partial charge in [0.2, 0.25) is 0 Å². The third kappa shape index (κ3) is 2.80. The quantitative estimate of drug-likeness (QED) is 0.768. The number of rotatable bonds is 3. The summed E-state index contributed by atoms with van der Waals surface area (Å²) in [6.07, 6.45) is 3.12. The molecule has 1 fully saturated rings. The molecule has 1 aliphatic carbocycles. The van der Waals surface area contributed by atoms with Gasteiger partial charge in [-0.1, -0.05) is 11.6 Å². The highest BCUT2D eigenvalue weighted by Gasteiger charge is 2.20. The van der Waals surface area contributed by atoms with Crippen molar-refractivity contribution in [1.82, 2.24) is 5.32 Å². The molecule has 0 heterocycles. The molecule has 1 aliphatic rings. The van der Waals surface area contributed by atoms with Crippen molar-refractivity contribution in [3.63, 3.8) is 0 Å². The van der Waals surface area contributed by atoms with E-state index >= 15 is 0 Å². The molecule has 18 heavy (non-hydrogen) atoms. The summed E-state index contributed by atoms with van der Waals surface area (Å²) in [4.78, 5) is 22.7. The Morgan fingerprint density at radius 3 is 2.61 bits per heavy atom. The number of anilines is 1. The van der Waals surface area contributed by atoms with Gasteiger partial charge in [0.25, 0.3) is 0 Å². The molecule has 5 nitrogen and oxygen atoms in total. The molecule has 1 saturated carbocycles. The number of carbonyl (C=O) groups excluding carboxylic acids is 1. The molecular weight excluding hydrogens is 232 g/mol. The second-order valence-electron chi connectivity index (χ2n) is 4.58. The van der Waals surface area contributed by atoms with Gasteiger partial charge in [-0.3, -0.25) is 0 Å². The minimum Gasteiger partial charge on any atom is -0.478 e. The van der Waals surface area contributed by atoms with Crippen LogP contribution in [0.4, 0.5) is 10.5 Å². The highest BCUT2D eigenvalue weighted by molar-refractivity contribution is 6.00. The fraction of sp³-hybridized carbons (Fsp3) is 0.385. The smallest absolute Gasteiger partial charge is 0.337 e. The van der Waals surface area contributed by atoms with E-state index in [1.165, 1.54) is 0 Å². The van der Waals surface area contributed by atoms with Crippen molar-refractivity contribution >= 4 is 17.7 Å². The maximum atomic E-state index is 11.7. The Balaban J connectivity index is 2.07. The Labute approximate surface area is 105 Å². The number of carboxylic acid groups (broad SMARTS) is 1. The highest BCUT2D eigenvalue weighted by Crippen LogP contribution is 2.20. The van der Waals surface area contributed by atoms with Crippen LogP contribution in [0.1, 0.15) is 35.2 Å². The van der Waals surface area contributed by atoms with Gasteiger partial charge in [-0.2, -0.15) is 0 Å². The van der Waals surface area contributed by atoms with E-state index in [-0.39, 0.29) is 17.6 Å². The lowest BCUT2D eigenvalue weighted by molar-refractivity contribution is 0.0698. The summed E-state index contributed by atoms with van der Waals surface area (Å²) < 4.78 is 0. The van der Waals surface area contributed by atoms with Crippen LogP contribution in [0.15, 0.2) is 18.2 Å². The first kappa shape index (κ1) is 12.4. The molecule has 96 valence electrons. The average Bonchev–Trinajstić information content (AvgIpc) is 2.26. The summed E-state index contributed by atoms with van der Waals surface area (Å²) in [6, 6.07) is 4.81. The van der Waals surface area contributed by atoms with E-state index in [0.29, 0.717) is 5.69 Å². The Morgan fingerprint density at radius 2 is 2.06 bits per heavy atom. The maximum Gasteiger partial charge on any atom is 0.337 e. The highest BCUT2D eigenvalue weighted by atomic mass is 16.4. The van der Waals surface area contributed by atoms with Gasteiger partial charge in [-0.05, 0) is 38.3 Å². The number of carbonyl (C=O) groups is 2. The topological polar surface area (TPSA) is 78.4 Å². The van der Waals surface area contributed by atoms with E-state index in [1.54, 1.807) is 18.2 Å². The molecule has 0 aromatic heterocycles. The van der Waals surface area contributed by atoms with Gasteiger partial charge < -0.3 is 15.7 Å². The van der Waals surface area contributed by atoms with Crippen molar-refractivity contribution in [2.75, 3.05) is 5.32 Å². The molecule has 2 amide bonds. The third-order valence-corrected chi connectivity index (χ3v) is 3.09. The van der Waals surface area contributed by atoms with E-state index in [9.17, 15) is 9.59 Å². The summed E-state index contributed by atoms with van der Waals surface area (Å²) in [5, 5.41) is 14.5. The third-order valence-electron chi connectivity index (χ3n) is 3.09. The van der Waals surface area contributed by atoms with E-state index < -0.39 is 5.97 Å². The fourth-order valence-corrected chi connectivity index (χ4v) is 1.84. The SMILES string of the molecule is Cc1ccc(NC(=O)NC2CCC2)c(C(=O)O)c1. The van der Waals surface area contributed by atoms with E-state index in [1.807, 2.05) is 6.92 Å². The summed E-state index contributed by atoms with van der Waals surface area (Å²) >= 11 is 0. The van der Waals surface area contributed by atoms with E-state index in [4.69, 9.17) is 5.11 Å². The number of urea groups is 1. The lowest BCUT2D eigenvalue weighted by Crippen LogP contribution is -2.42. The first-order valence-corrected chi connectivity index (χ1v) is 5.98. The zero-order chi connectivity index (χ0) is 13.1. The predicted molar refractivity (Wildman–Crippen MR) is 67.9 cm³/mol. The standard InChI is InChI=1S/C13H16N2O3/c1-8-5-6-11(10(7-8)12(16)17)15-13(18)14-9-3-2-4-9/h5-7,9H,2-4H2,1H3,(H,16,17)(H2,14,15,18). The first-order valence-electron chi connectivity index (χ1n) is 5.98. The van der Waals surface area contributed by atoms with Crippen LogP contribution in [-0.4, -0.2) is 23.1 Å². The Morgan fingerprint density at radius 1 is 1.33 bits per heavy atom. The van der Waals surface area contributed by atoms with Gasteiger partial charge in [-0.15, -0.1) is 0 Å². The lowest BCUT2D eigenvalue weighted by Gasteiger charge is -2.26. The second-order valence-corrected chi connectivity index (χ2v) is 4.58. The Hall–Kier alpha value is -2.04. The number of aromatic carboxylic acids is 1. The van der Waals surface area contributed by atoms with Gasteiger partial charge in [0.15, 0.2) is 0 Å². The number of amides is 2. The normalized spacial score (nSPS) is 14.7. The number of aryl methyl sites for hydroxylation is 1. The number of hydrogen-bond donors (Lipinski definition) is 3. The number of benzene rings is 1. The molecule has 0 bridgehead atoms. The van der Waals surface area contributed by atoms with Gasteiger partial charge in [0, 0.05) is 6.04 Å². The fourth-order valence-electron chi connectivity index (χ4n) is 1.84. The van der Waals surface area contributed by atoms with Crippen molar-refractivity contribution in [2.24, 2.45) is 0 Å². The predicted octanol–water partition coefficient (Wildman–Crippen LogP) is 2.37. The van der Waals surface area contributed by atoms with E-state index in [0.717, 1.165) is 24.8 Å². The van der Waals surface area contributed by atoms with Crippen LogP contribution in [0.2, 0.25) is 0 Å². The summed E-state index contributed by atoms with van der Waals surface area (Å²) in [5.74, 6) is -1.04. The Kier molecular flexibility index (Phi) is 3.50. The largest absolute Gasteiger partial charge is 0.478 e. The van der Waals surface area contributed by atoms with Crippen LogP contribution >= 0.6 is 0 Å². The van der Waals surface area contributed by atoms with Crippen molar-refractivity contribution < 1.29 is 14.7 Å². The summed E-state index contributed by atoms with van der Waals surface area (Å²) in [5.41, 5.74) is 1.28. The minimum atomic E-state index is -1.04. The maximum absolute atomic E-state index is 11.7. The molecule has 0 unspecified atom stereocenters. The molecule has 0 saturated heterocycles.